The molecule has 5 rings (SSSR count). The first-order chi connectivity index (χ1) is 17.0. The molecule has 186 valence electrons. The Labute approximate surface area is 213 Å². The molecule has 1 atom stereocenters. The maximum absolute atomic E-state index is 13.7. The van der Waals surface area contributed by atoms with Gasteiger partial charge in [-0.3, -0.25) is 9.69 Å². The average molecular weight is 494 g/mol. The molecule has 0 aliphatic carbocycles. The van der Waals surface area contributed by atoms with Crippen molar-refractivity contribution in [2.24, 2.45) is 11.8 Å². The lowest BCUT2D eigenvalue weighted by Gasteiger charge is -2.28. The molecule has 0 spiro atoms. The number of aromatic amines is 1. The summed E-state index contributed by atoms with van der Waals surface area (Å²) in [6.45, 7) is 9.08. The predicted octanol–water partition coefficient (Wildman–Crippen LogP) is 6.04. The Balaban J connectivity index is 1.28. The van der Waals surface area contributed by atoms with Crippen LogP contribution in [0.4, 0.5) is 0 Å². The van der Waals surface area contributed by atoms with E-state index in [2.05, 4.69) is 59.0 Å². The number of halogens is 1. The molecule has 1 saturated heterocycles. The van der Waals surface area contributed by atoms with Crippen LogP contribution in [0.5, 0.6) is 5.75 Å². The van der Waals surface area contributed by atoms with Crippen LogP contribution in [-0.4, -0.2) is 46.9 Å². The van der Waals surface area contributed by atoms with Gasteiger partial charge in [-0.1, -0.05) is 43.6 Å². The lowest BCUT2D eigenvalue weighted by Crippen LogP contribution is -2.39. The minimum absolute atomic E-state index is 0.0406. The van der Waals surface area contributed by atoms with Crippen LogP contribution in [0.2, 0.25) is 5.02 Å². The second-order valence-corrected chi connectivity index (χ2v) is 11.0. The van der Waals surface area contributed by atoms with Gasteiger partial charge in [0.1, 0.15) is 5.75 Å². The van der Waals surface area contributed by atoms with E-state index in [9.17, 15) is 4.79 Å². The number of nitrogens with zero attached hydrogens (tertiary/aromatic N) is 2. The highest BCUT2D eigenvalue weighted by atomic mass is 35.5. The van der Waals surface area contributed by atoms with Crippen molar-refractivity contribution in [2.45, 2.75) is 52.6 Å². The normalized spacial score (nSPS) is 18.5. The topological polar surface area (TPSA) is 48.6 Å². The van der Waals surface area contributed by atoms with Gasteiger partial charge < -0.3 is 14.6 Å². The Bertz CT molecular complexity index is 1190. The molecule has 0 radical (unpaired) electrons. The number of aryl methyl sites for hydroxylation is 1. The summed E-state index contributed by atoms with van der Waals surface area (Å²) >= 11 is 6.61. The maximum atomic E-state index is 13.7. The van der Waals surface area contributed by atoms with E-state index in [1.165, 1.54) is 22.0 Å². The highest BCUT2D eigenvalue weighted by Crippen LogP contribution is 2.34. The minimum Gasteiger partial charge on any atom is -0.492 e. The van der Waals surface area contributed by atoms with E-state index in [0.717, 1.165) is 69.8 Å². The Morgan fingerprint density at radius 1 is 1.26 bits per heavy atom. The van der Waals surface area contributed by atoms with Gasteiger partial charge >= 0.3 is 0 Å². The smallest absolute Gasteiger partial charge is 0.227 e. The number of carbonyl (C=O) groups is 1. The zero-order valence-electron chi connectivity index (χ0n) is 20.9. The average Bonchev–Trinajstić information content (AvgIpc) is 3.43. The summed E-state index contributed by atoms with van der Waals surface area (Å²) < 4.78 is 5.89. The SMILES string of the molecule is CC(C)CN(Cc1cc(Cl)c2c(c1)CCCCO2)C(=O)C1CCN(Cc2cccc3[nH]ccc23)C1. The van der Waals surface area contributed by atoms with Crippen LogP contribution < -0.4 is 4.74 Å². The van der Waals surface area contributed by atoms with Crippen LogP contribution in [0.25, 0.3) is 10.9 Å². The third-order valence-electron chi connectivity index (χ3n) is 7.24. The molecule has 2 aliphatic rings. The lowest BCUT2D eigenvalue weighted by atomic mass is 10.0. The van der Waals surface area contributed by atoms with E-state index in [4.69, 9.17) is 16.3 Å². The largest absolute Gasteiger partial charge is 0.492 e. The van der Waals surface area contributed by atoms with Crippen LogP contribution in [-0.2, 0) is 24.3 Å². The Morgan fingerprint density at radius 2 is 2.14 bits per heavy atom. The molecule has 0 saturated carbocycles. The number of amides is 1. The number of hydrogen-bond acceptors (Lipinski definition) is 3. The number of benzene rings is 2. The van der Waals surface area contributed by atoms with Crippen molar-refractivity contribution in [1.29, 1.82) is 0 Å². The summed E-state index contributed by atoms with van der Waals surface area (Å²) in [6, 6.07) is 12.7. The number of hydrogen-bond donors (Lipinski definition) is 1. The van der Waals surface area contributed by atoms with Crippen LogP contribution in [0.15, 0.2) is 42.6 Å². The van der Waals surface area contributed by atoms with Crippen LogP contribution in [0.1, 0.15) is 49.8 Å². The second kappa shape index (κ2) is 10.6. The number of ether oxygens (including phenoxy) is 1. The van der Waals surface area contributed by atoms with E-state index >= 15 is 0 Å². The highest BCUT2D eigenvalue weighted by Gasteiger charge is 2.32. The fraction of sp³-hybridized carbons (Fsp3) is 0.483. The molecule has 1 fully saturated rings. The van der Waals surface area contributed by atoms with Gasteiger partial charge in [0.15, 0.2) is 0 Å². The van der Waals surface area contributed by atoms with Crippen molar-refractivity contribution in [2.75, 3.05) is 26.2 Å². The van der Waals surface area contributed by atoms with Crippen molar-refractivity contribution in [3.05, 3.63) is 64.3 Å². The number of rotatable bonds is 7. The Kier molecular flexibility index (Phi) is 7.35. The summed E-state index contributed by atoms with van der Waals surface area (Å²) in [5.74, 6) is 1.54. The fourth-order valence-electron chi connectivity index (χ4n) is 5.60. The van der Waals surface area contributed by atoms with Gasteiger partial charge in [-0.25, -0.2) is 0 Å². The predicted molar refractivity (Wildman–Crippen MR) is 142 cm³/mol. The number of H-pyrrole nitrogens is 1. The Hall–Kier alpha value is -2.50. The van der Waals surface area contributed by atoms with Gasteiger partial charge in [0.05, 0.1) is 17.5 Å². The molecule has 2 aromatic carbocycles. The summed E-state index contributed by atoms with van der Waals surface area (Å²) in [6.07, 6.45) is 6.04. The third-order valence-corrected chi connectivity index (χ3v) is 7.52. The summed E-state index contributed by atoms with van der Waals surface area (Å²) in [7, 11) is 0. The van der Waals surface area contributed by atoms with E-state index in [0.29, 0.717) is 17.5 Å². The van der Waals surface area contributed by atoms with Crippen molar-refractivity contribution in [3.8, 4) is 5.75 Å². The lowest BCUT2D eigenvalue weighted by molar-refractivity contribution is -0.136. The number of nitrogens with one attached hydrogen (secondary N) is 1. The van der Waals surface area contributed by atoms with Crippen molar-refractivity contribution in [1.82, 2.24) is 14.8 Å². The van der Waals surface area contributed by atoms with Crippen LogP contribution in [0.3, 0.4) is 0 Å². The van der Waals surface area contributed by atoms with E-state index in [-0.39, 0.29) is 11.8 Å². The van der Waals surface area contributed by atoms with Gasteiger partial charge in [0.2, 0.25) is 5.91 Å². The van der Waals surface area contributed by atoms with Gasteiger partial charge in [-0.2, -0.15) is 0 Å². The number of aromatic nitrogens is 1. The van der Waals surface area contributed by atoms with Gasteiger partial charge in [0, 0.05) is 43.3 Å². The quantitative estimate of drug-likeness (QED) is 0.436. The van der Waals surface area contributed by atoms with Gasteiger partial charge in [-0.15, -0.1) is 0 Å². The molecule has 1 amide bonds. The summed E-state index contributed by atoms with van der Waals surface area (Å²) in [4.78, 5) is 21.5. The molecular weight excluding hydrogens is 458 g/mol. The molecular formula is C29H36ClN3O2. The summed E-state index contributed by atoms with van der Waals surface area (Å²) in [5.41, 5.74) is 4.76. The molecule has 3 heterocycles. The van der Waals surface area contributed by atoms with E-state index in [1.807, 2.05) is 12.3 Å². The fourth-order valence-corrected chi connectivity index (χ4v) is 5.92. The van der Waals surface area contributed by atoms with Crippen molar-refractivity contribution >= 4 is 28.4 Å². The van der Waals surface area contributed by atoms with Crippen LogP contribution in [0, 0.1) is 11.8 Å². The zero-order chi connectivity index (χ0) is 24.4. The molecule has 1 N–H and O–H groups in total. The molecule has 6 heteroatoms. The first-order valence-electron chi connectivity index (χ1n) is 13.0. The van der Waals surface area contributed by atoms with Crippen molar-refractivity contribution < 1.29 is 9.53 Å². The van der Waals surface area contributed by atoms with Crippen molar-refractivity contribution in [3.63, 3.8) is 0 Å². The monoisotopic (exact) mass is 493 g/mol. The molecule has 5 nitrogen and oxygen atoms in total. The first kappa shape index (κ1) is 24.2. The standard InChI is InChI=1S/C29H36ClN3O2/c1-20(2)16-33(17-21-14-22-6-3-4-13-35-28(22)26(30)15-21)29(34)24-10-12-32(19-24)18-23-7-5-8-27-25(23)9-11-31-27/h5,7-9,11,14-15,20,24,31H,3-4,6,10,12-13,16-19H2,1-2H3. The third kappa shape index (κ3) is 5.52. The van der Waals surface area contributed by atoms with Crippen LogP contribution >= 0.6 is 11.6 Å². The second-order valence-electron chi connectivity index (χ2n) is 10.6. The number of carbonyl (C=O) groups excluding carboxylic acids is 1. The number of likely N-dealkylation sites (tertiary alicyclic amines) is 1. The minimum atomic E-state index is 0.0406. The van der Waals surface area contributed by atoms with Gasteiger partial charge in [-0.05, 0) is 73.0 Å². The van der Waals surface area contributed by atoms with Gasteiger partial charge in [0.25, 0.3) is 0 Å². The molecule has 1 unspecified atom stereocenters. The molecule has 3 aromatic rings. The molecule has 2 aliphatic heterocycles. The van der Waals surface area contributed by atoms with E-state index < -0.39 is 0 Å². The first-order valence-corrected chi connectivity index (χ1v) is 13.4. The number of fused-ring (bicyclic) bond motifs is 2. The molecule has 0 bridgehead atoms. The maximum Gasteiger partial charge on any atom is 0.227 e. The Morgan fingerprint density at radius 3 is 3.00 bits per heavy atom. The summed E-state index contributed by atoms with van der Waals surface area (Å²) in [5, 5.41) is 1.94. The molecule has 35 heavy (non-hydrogen) atoms. The zero-order valence-corrected chi connectivity index (χ0v) is 21.6. The molecule has 1 aromatic heterocycles. The highest BCUT2D eigenvalue weighted by molar-refractivity contribution is 6.32. The van der Waals surface area contributed by atoms with E-state index in [1.54, 1.807) is 0 Å².